The highest BCUT2D eigenvalue weighted by molar-refractivity contribution is 5.77. The number of hydrogen-bond acceptors (Lipinski definition) is 2. The van der Waals surface area contributed by atoms with Gasteiger partial charge < -0.3 is 11.1 Å². The molecule has 12 heavy (non-hydrogen) atoms. The molecule has 3 heteroatoms. The Hall–Kier alpha value is -1.01. The van der Waals surface area contributed by atoms with Crippen LogP contribution in [-0.4, -0.2) is 18.5 Å². The van der Waals surface area contributed by atoms with E-state index in [-0.39, 0.29) is 17.9 Å². The van der Waals surface area contributed by atoms with Gasteiger partial charge in [-0.05, 0) is 12.8 Å². The molecule has 1 fully saturated rings. The number of amides is 1. The van der Waals surface area contributed by atoms with E-state index in [1.165, 1.54) is 0 Å². The van der Waals surface area contributed by atoms with Gasteiger partial charge in [0.15, 0.2) is 0 Å². The monoisotopic (exact) mass is 166 g/mol. The smallest absolute Gasteiger partial charge is 0.222 e. The van der Waals surface area contributed by atoms with Crippen LogP contribution >= 0.6 is 0 Å². The third-order valence-electron chi connectivity index (χ3n) is 2.35. The van der Waals surface area contributed by atoms with Crippen molar-refractivity contribution in [3.63, 3.8) is 0 Å². The molecule has 3 nitrogen and oxygen atoms in total. The molecule has 0 heterocycles. The predicted molar refractivity (Wildman–Crippen MR) is 47.2 cm³/mol. The highest BCUT2D eigenvalue weighted by atomic mass is 16.1. The van der Waals surface area contributed by atoms with E-state index in [1.807, 2.05) is 0 Å². The van der Waals surface area contributed by atoms with Crippen molar-refractivity contribution in [2.24, 2.45) is 11.7 Å². The van der Waals surface area contributed by atoms with Gasteiger partial charge in [0, 0.05) is 6.04 Å². The molecule has 1 amide bonds. The summed E-state index contributed by atoms with van der Waals surface area (Å²) in [5.41, 5.74) is 5.23. The van der Waals surface area contributed by atoms with Crippen molar-refractivity contribution in [3.8, 4) is 12.3 Å². The molecule has 1 aliphatic rings. The number of nitrogens with two attached hydrogens (primary N) is 1. The van der Waals surface area contributed by atoms with Crippen LogP contribution in [0.5, 0.6) is 0 Å². The number of carbonyl (C=O) groups is 1. The number of hydrogen-bond donors (Lipinski definition) is 2. The normalized spacial score (nSPS) is 28.2. The number of primary amides is 1. The van der Waals surface area contributed by atoms with Crippen LogP contribution in [-0.2, 0) is 4.79 Å². The number of nitrogens with one attached hydrogen (secondary N) is 1. The summed E-state index contributed by atoms with van der Waals surface area (Å²) in [6.45, 7) is 0.522. The summed E-state index contributed by atoms with van der Waals surface area (Å²) in [6, 6.07) is 0.207. The summed E-state index contributed by atoms with van der Waals surface area (Å²) in [6.07, 6.45) is 8.07. The zero-order chi connectivity index (χ0) is 8.97. The summed E-state index contributed by atoms with van der Waals surface area (Å²) >= 11 is 0. The van der Waals surface area contributed by atoms with Crippen molar-refractivity contribution in [1.82, 2.24) is 5.32 Å². The lowest BCUT2D eigenvalue weighted by molar-refractivity contribution is -0.122. The second kappa shape index (κ2) is 4.13. The minimum atomic E-state index is -0.206. The van der Waals surface area contributed by atoms with Gasteiger partial charge in [-0.1, -0.05) is 12.3 Å². The average Bonchev–Trinajstić information content (AvgIpc) is 2.48. The minimum Gasteiger partial charge on any atom is -0.369 e. The van der Waals surface area contributed by atoms with Crippen LogP contribution in [0, 0.1) is 18.3 Å². The van der Waals surface area contributed by atoms with E-state index in [2.05, 4.69) is 11.2 Å². The zero-order valence-corrected chi connectivity index (χ0v) is 7.05. The van der Waals surface area contributed by atoms with Crippen molar-refractivity contribution in [2.75, 3.05) is 6.54 Å². The lowest BCUT2D eigenvalue weighted by atomic mass is 10.0. The van der Waals surface area contributed by atoms with Gasteiger partial charge in [0.2, 0.25) is 5.91 Å². The molecule has 0 aromatic heterocycles. The van der Waals surface area contributed by atoms with E-state index >= 15 is 0 Å². The average molecular weight is 166 g/mol. The molecule has 66 valence electrons. The molecule has 3 N–H and O–H groups in total. The molecular formula is C9H14N2O. The molecule has 2 unspecified atom stereocenters. The van der Waals surface area contributed by atoms with Crippen molar-refractivity contribution in [2.45, 2.75) is 25.3 Å². The molecule has 0 aromatic rings. The molecule has 0 aromatic carbocycles. The molecule has 1 saturated carbocycles. The quantitative estimate of drug-likeness (QED) is 0.573. The van der Waals surface area contributed by atoms with Crippen LogP contribution in [0.2, 0.25) is 0 Å². The maximum atomic E-state index is 10.9. The Balaban J connectivity index is 2.42. The molecule has 1 aliphatic carbocycles. The molecule has 1 rings (SSSR count). The standard InChI is InChI=1S/C9H14N2O/c1-2-6-11-8-5-3-4-7(8)9(10)12/h1,7-8,11H,3-6H2,(H2,10,12). The Kier molecular flexibility index (Phi) is 3.12. The SMILES string of the molecule is C#CCNC1CCCC1C(N)=O. The Morgan fingerprint density at radius 3 is 3.00 bits per heavy atom. The summed E-state index contributed by atoms with van der Waals surface area (Å²) in [5.74, 6) is 2.27. The molecule has 0 spiro atoms. The summed E-state index contributed by atoms with van der Waals surface area (Å²) in [7, 11) is 0. The van der Waals surface area contributed by atoms with Crippen molar-refractivity contribution in [1.29, 1.82) is 0 Å². The first-order valence-corrected chi connectivity index (χ1v) is 4.22. The number of rotatable bonds is 3. The van der Waals surface area contributed by atoms with Gasteiger partial charge in [0.1, 0.15) is 0 Å². The van der Waals surface area contributed by atoms with Crippen molar-refractivity contribution in [3.05, 3.63) is 0 Å². The van der Waals surface area contributed by atoms with Gasteiger partial charge in [-0.2, -0.15) is 0 Å². The summed E-state index contributed by atoms with van der Waals surface area (Å²) in [5, 5.41) is 3.13. The molecule has 2 atom stereocenters. The van der Waals surface area contributed by atoms with E-state index in [4.69, 9.17) is 12.2 Å². The van der Waals surface area contributed by atoms with Gasteiger partial charge in [-0.25, -0.2) is 0 Å². The van der Waals surface area contributed by atoms with Crippen molar-refractivity contribution < 1.29 is 4.79 Å². The van der Waals surface area contributed by atoms with Gasteiger partial charge in [0.25, 0.3) is 0 Å². The van der Waals surface area contributed by atoms with Crippen LogP contribution in [0.3, 0.4) is 0 Å². The van der Waals surface area contributed by atoms with Gasteiger partial charge in [0.05, 0.1) is 12.5 Å². The molecule has 0 bridgehead atoms. The second-order valence-electron chi connectivity index (χ2n) is 3.13. The van der Waals surface area contributed by atoms with E-state index in [1.54, 1.807) is 0 Å². The Bertz CT molecular complexity index is 207. The topological polar surface area (TPSA) is 55.1 Å². The third kappa shape index (κ3) is 1.99. The molecule has 0 aliphatic heterocycles. The van der Waals surface area contributed by atoms with Crippen LogP contribution in [0.4, 0.5) is 0 Å². The zero-order valence-electron chi connectivity index (χ0n) is 7.05. The fourth-order valence-corrected chi connectivity index (χ4v) is 1.73. The van der Waals surface area contributed by atoms with Crippen molar-refractivity contribution >= 4 is 5.91 Å². The summed E-state index contributed by atoms with van der Waals surface area (Å²) in [4.78, 5) is 10.9. The van der Waals surface area contributed by atoms with Crippen LogP contribution in [0.25, 0.3) is 0 Å². The summed E-state index contributed by atoms with van der Waals surface area (Å²) < 4.78 is 0. The van der Waals surface area contributed by atoms with Crippen LogP contribution < -0.4 is 11.1 Å². The number of carbonyl (C=O) groups excluding carboxylic acids is 1. The van der Waals surface area contributed by atoms with E-state index in [0.29, 0.717) is 6.54 Å². The van der Waals surface area contributed by atoms with Crippen LogP contribution in [0.1, 0.15) is 19.3 Å². The van der Waals surface area contributed by atoms with E-state index in [9.17, 15) is 4.79 Å². The first-order valence-electron chi connectivity index (χ1n) is 4.22. The lowest BCUT2D eigenvalue weighted by Gasteiger charge is -2.16. The first-order chi connectivity index (χ1) is 5.75. The third-order valence-corrected chi connectivity index (χ3v) is 2.35. The fourth-order valence-electron chi connectivity index (χ4n) is 1.73. The van der Waals surface area contributed by atoms with Crippen LogP contribution in [0.15, 0.2) is 0 Å². The molecule has 0 radical (unpaired) electrons. The lowest BCUT2D eigenvalue weighted by Crippen LogP contribution is -2.39. The molecular weight excluding hydrogens is 152 g/mol. The van der Waals surface area contributed by atoms with E-state index < -0.39 is 0 Å². The molecule has 0 saturated heterocycles. The van der Waals surface area contributed by atoms with Gasteiger partial charge in [-0.15, -0.1) is 6.42 Å². The highest BCUT2D eigenvalue weighted by Gasteiger charge is 2.30. The predicted octanol–water partition coefficient (Wildman–Crippen LogP) is -0.137. The Morgan fingerprint density at radius 1 is 1.67 bits per heavy atom. The van der Waals surface area contributed by atoms with E-state index in [0.717, 1.165) is 19.3 Å². The van der Waals surface area contributed by atoms with Gasteiger partial charge >= 0.3 is 0 Å². The minimum absolute atomic E-state index is 0.0154. The maximum absolute atomic E-state index is 10.9. The van der Waals surface area contributed by atoms with Gasteiger partial charge in [-0.3, -0.25) is 4.79 Å². The maximum Gasteiger partial charge on any atom is 0.222 e. The highest BCUT2D eigenvalue weighted by Crippen LogP contribution is 2.24. The number of terminal acetylenes is 1. The second-order valence-corrected chi connectivity index (χ2v) is 3.13. The Labute approximate surface area is 72.7 Å². The fraction of sp³-hybridized carbons (Fsp3) is 0.667. The largest absolute Gasteiger partial charge is 0.369 e. The Morgan fingerprint density at radius 2 is 2.42 bits per heavy atom. The first kappa shape index (κ1) is 9.08.